The first-order valence-electron chi connectivity index (χ1n) is 10.5. The van der Waals surface area contributed by atoms with E-state index in [4.69, 9.17) is 4.74 Å². The van der Waals surface area contributed by atoms with Crippen LogP contribution in [0.1, 0.15) is 83.5 Å². The Kier molecular flexibility index (Phi) is 5.58. The number of hydrogen-bond acceptors (Lipinski definition) is 3. The van der Waals surface area contributed by atoms with Crippen LogP contribution in [0.25, 0.3) is 0 Å². The molecule has 1 saturated carbocycles. The SMILES string of the molecule is C1CC2CCC(C1)N2.C1CC2CCC(C2)N1.C1CC2CCC1O2. The summed E-state index contributed by atoms with van der Waals surface area (Å²) in [5, 5.41) is 7.10. The van der Waals surface area contributed by atoms with E-state index in [1.807, 2.05) is 0 Å². The molecule has 6 bridgehead atoms. The van der Waals surface area contributed by atoms with E-state index in [0.717, 1.165) is 24.0 Å². The highest BCUT2D eigenvalue weighted by Gasteiger charge is 2.31. The molecule has 3 nitrogen and oxygen atoms in total. The summed E-state index contributed by atoms with van der Waals surface area (Å²) in [7, 11) is 0. The van der Waals surface area contributed by atoms with Crippen molar-refractivity contribution in [2.45, 2.75) is 114 Å². The van der Waals surface area contributed by atoms with E-state index in [1.165, 1.54) is 90.0 Å². The van der Waals surface area contributed by atoms with Crippen LogP contribution in [0.5, 0.6) is 0 Å². The van der Waals surface area contributed by atoms with Gasteiger partial charge in [0.05, 0.1) is 12.2 Å². The van der Waals surface area contributed by atoms with Gasteiger partial charge in [-0.1, -0.05) is 6.42 Å². The maximum absolute atomic E-state index is 5.47. The van der Waals surface area contributed by atoms with E-state index in [-0.39, 0.29) is 0 Å². The minimum Gasteiger partial charge on any atom is -0.375 e. The van der Waals surface area contributed by atoms with Gasteiger partial charge in [-0.25, -0.2) is 0 Å². The van der Waals surface area contributed by atoms with Crippen LogP contribution in [0.4, 0.5) is 0 Å². The van der Waals surface area contributed by atoms with Crippen molar-refractivity contribution in [3.63, 3.8) is 0 Å². The largest absolute Gasteiger partial charge is 0.375 e. The quantitative estimate of drug-likeness (QED) is 0.713. The fourth-order valence-electron chi connectivity index (χ4n) is 5.56. The van der Waals surface area contributed by atoms with Crippen molar-refractivity contribution in [3.05, 3.63) is 0 Å². The molecule has 5 heterocycles. The van der Waals surface area contributed by atoms with E-state index in [1.54, 1.807) is 0 Å². The lowest BCUT2D eigenvalue weighted by molar-refractivity contribution is 0.105. The Labute approximate surface area is 142 Å². The van der Waals surface area contributed by atoms with Crippen LogP contribution >= 0.6 is 0 Å². The average molecular weight is 321 g/mol. The molecule has 132 valence electrons. The zero-order valence-electron chi connectivity index (χ0n) is 14.8. The summed E-state index contributed by atoms with van der Waals surface area (Å²) < 4.78 is 5.47. The first kappa shape index (κ1) is 16.4. The molecule has 1 aliphatic carbocycles. The average Bonchev–Trinajstić information content (AvgIpc) is 3.37. The second-order valence-electron chi connectivity index (χ2n) is 8.72. The van der Waals surface area contributed by atoms with Crippen molar-refractivity contribution in [3.8, 4) is 0 Å². The highest BCUT2D eigenvalue weighted by molar-refractivity contribution is 4.87. The van der Waals surface area contributed by atoms with Crippen molar-refractivity contribution in [2.24, 2.45) is 5.92 Å². The molecule has 5 saturated heterocycles. The molecule has 3 heteroatoms. The van der Waals surface area contributed by atoms with Gasteiger partial charge in [0.2, 0.25) is 0 Å². The molecule has 0 amide bonds. The molecular weight excluding hydrogens is 284 g/mol. The van der Waals surface area contributed by atoms with Gasteiger partial charge < -0.3 is 15.4 Å². The van der Waals surface area contributed by atoms with Gasteiger partial charge in [0.1, 0.15) is 0 Å². The normalized spacial score (nSPS) is 45.9. The molecule has 0 aromatic heterocycles. The molecule has 5 aliphatic heterocycles. The van der Waals surface area contributed by atoms with Gasteiger partial charge in [-0.2, -0.15) is 0 Å². The van der Waals surface area contributed by atoms with Gasteiger partial charge in [-0.3, -0.25) is 0 Å². The third kappa shape index (κ3) is 4.49. The maximum atomic E-state index is 5.47. The van der Waals surface area contributed by atoms with Crippen LogP contribution in [-0.2, 0) is 4.74 Å². The van der Waals surface area contributed by atoms with Gasteiger partial charge in [-0.15, -0.1) is 0 Å². The molecule has 4 atom stereocenters. The summed E-state index contributed by atoms with van der Waals surface area (Å²) in [5.74, 6) is 1.10. The van der Waals surface area contributed by atoms with E-state index < -0.39 is 0 Å². The second-order valence-corrected chi connectivity index (χ2v) is 8.72. The first-order valence-corrected chi connectivity index (χ1v) is 10.5. The number of rotatable bonds is 0. The molecule has 0 radical (unpaired) electrons. The summed E-state index contributed by atoms with van der Waals surface area (Å²) in [6.07, 6.45) is 19.8. The Morgan fingerprint density at radius 3 is 1.74 bits per heavy atom. The lowest BCUT2D eigenvalue weighted by Crippen LogP contribution is -2.33. The van der Waals surface area contributed by atoms with Gasteiger partial charge in [0.25, 0.3) is 0 Å². The predicted octanol–water partition coefficient (Wildman–Crippen LogP) is 3.77. The zero-order chi connectivity index (χ0) is 15.5. The third-order valence-electron chi connectivity index (χ3n) is 6.97. The number of nitrogens with one attached hydrogen (secondary N) is 2. The monoisotopic (exact) mass is 320 g/mol. The summed E-state index contributed by atoms with van der Waals surface area (Å²) in [6.45, 7) is 1.29. The van der Waals surface area contributed by atoms with Crippen molar-refractivity contribution in [1.82, 2.24) is 10.6 Å². The third-order valence-corrected chi connectivity index (χ3v) is 6.97. The van der Waals surface area contributed by atoms with Crippen molar-refractivity contribution in [1.29, 1.82) is 0 Å². The first-order chi connectivity index (χ1) is 11.3. The second kappa shape index (κ2) is 7.84. The van der Waals surface area contributed by atoms with Crippen molar-refractivity contribution in [2.75, 3.05) is 6.54 Å². The summed E-state index contributed by atoms with van der Waals surface area (Å²) in [4.78, 5) is 0. The Hall–Kier alpha value is -0.120. The predicted molar refractivity (Wildman–Crippen MR) is 94.7 cm³/mol. The van der Waals surface area contributed by atoms with Crippen LogP contribution in [-0.4, -0.2) is 36.9 Å². The molecule has 0 aromatic rings. The topological polar surface area (TPSA) is 33.3 Å². The Bertz CT molecular complexity index is 305. The number of fused-ring (bicyclic) bond motifs is 6. The van der Waals surface area contributed by atoms with E-state index >= 15 is 0 Å². The molecule has 23 heavy (non-hydrogen) atoms. The molecule has 6 rings (SSSR count). The molecule has 6 fully saturated rings. The Balaban J connectivity index is 0.0000000884. The Morgan fingerprint density at radius 2 is 1.26 bits per heavy atom. The highest BCUT2D eigenvalue weighted by atomic mass is 16.5. The smallest absolute Gasteiger partial charge is 0.0580 e. The number of piperidine rings is 2. The molecular formula is C20H36N2O. The fourth-order valence-corrected chi connectivity index (χ4v) is 5.56. The van der Waals surface area contributed by atoms with Crippen LogP contribution in [0.3, 0.4) is 0 Å². The summed E-state index contributed by atoms with van der Waals surface area (Å²) in [5.41, 5.74) is 0. The van der Waals surface area contributed by atoms with E-state index in [0.29, 0.717) is 12.2 Å². The van der Waals surface area contributed by atoms with E-state index in [9.17, 15) is 0 Å². The van der Waals surface area contributed by atoms with Crippen molar-refractivity contribution < 1.29 is 4.74 Å². The molecule has 0 aromatic carbocycles. The van der Waals surface area contributed by atoms with Crippen LogP contribution < -0.4 is 10.6 Å². The van der Waals surface area contributed by atoms with Gasteiger partial charge in [0.15, 0.2) is 0 Å². The minimum atomic E-state index is 0.671. The number of ether oxygens (including phenoxy) is 1. The van der Waals surface area contributed by atoms with Crippen molar-refractivity contribution >= 4 is 0 Å². The lowest BCUT2D eigenvalue weighted by Gasteiger charge is -2.19. The standard InChI is InChI=1S/2C7H13N.C6H10O/c1-2-7-5-6(1)3-4-8-7;1-2-6-4-5-7(3-1)8-6;1-2-6-4-3-5(1)7-6/h2*6-8H,1-5H2;5-6H,1-4H2. The van der Waals surface area contributed by atoms with E-state index in [2.05, 4.69) is 10.6 Å². The minimum absolute atomic E-state index is 0.671. The van der Waals surface area contributed by atoms with Gasteiger partial charge in [-0.05, 0) is 89.5 Å². The molecule has 0 spiro atoms. The van der Waals surface area contributed by atoms with Gasteiger partial charge in [0, 0.05) is 18.1 Å². The van der Waals surface area contributed by atoms with Crippen LogP contribution in [0.15, 0.2) is 0 Å². The zero-order valence-corrected chi connectivity index (χ0v) is 14.8. The molecule has 6 aliphatic rings. The summed E-state index contributed by atoms with van der Waals surface area (Å²) >= 11 is 0. The van der Waals surface area contributed by atoms with Gasteiger partial charge >= 0.3 is 0 Å². The summed E-state index contributed by atoms with van der Waals surface area (Å²) in [6, 6.07) is 2.73. The van der Waals surface area contributed by atoms with Crippen LogP contribution in [0.2, 0.25) is 0 Å². The molecule has 4 unspecified atom stereocenters. The lowest BCUT2D eigenvalue weighted by atomic mass is 10.0. The van der Waals surface area contributed by atoms with Crippen LogP contribution in [0, 0.1) is 5.92 Å². The highest BCUT2D eigenvalue weighted by Crippen LogP contribution is 2.33. The Morgan fingerprint density at radius 1 is 0.609 bits per heavy atom. The maximum Gasteiger partial charge on any atom is 0.0580 e. The molecule has 2 N–H and O–H groups in total. The fraction of sp³-hybridized carbons (Fsp3) is 1.00. The number of hydrogen-bond donors (Lipinski definition) is 2.